The molecule has 1 aromatic carbocycles. The van der Waals surface area contributed by atoms with Gasteiger partial charge in [-0.1, -0.05) is 38.3 Å². The number of likely N-dealkylation sites (N-methyl/N-ethyl adjacent to an activating group) is 1. The van der Waals surface area contributed by atoms with Crippen LogP contribution in [0.25, 0.3) is 11.1 Å². The van der Waals surface area contributed by atoms with E-state index in [0.29, 0.717) is 99.8 Å². The van der Waals surface area contributed by atoms with Crippen molar-refractivity contribution in [1.29, 1.82) is 0 Å². The number of rotatable bonds is 20. The number of nitrogens with zero attached hydrogens (tertiary/aromatic N) is 8. The number of benzene rings is 1. The van der Waals surface area contributed by atoms with Crippen molar-refractivity contribution in [3.63, 3.8) is 0 Å². The Morgan fingerprint density at radius 1 is 0.925 bits per heavy atom. The first-order chi connectivity index (χ1) is 38.6. The Bertz CT molecular complexity index is 2830. The molecule has 3 aromatic rings. The number of pyridine rings is 1. The molecule has 80 heavy (non-hydrogen) atoms. The van der Waals surface area contributed by atoms with Crippen LogP contribution in [0.15, 0.2) is 83.9 Å². The molecule has 5 amide bonds. The van der Waals surface area contributed by atoms with Crippen LogP contribution < -0.4 is 26.6 Å². The maximum atomic E-state index is 14.9. The molecule has 5 aliphatic rings. The molecule has 2 bridgehead atoms. The average molecular weight is 1120 g/mol. The third kappa shape index (κ3) is 15.2. The molecule has 1 unspecified atom stereocenters. The van der Waals surface area contributed by atoms with Gasteiger partial charge in [0, 0.05) is 93.9 Å². The maximum Gasteiger partial charge on any atom is 0.246 e. The summed E-state index contributed by atoms with van der Waals surface area (Å²) in [5, 5.41) is 14.6. The molecule has 3 fully saturated rings. The topological polar surface area (TPSA) is 221 Å². The first kappa shape index (κ1) is 59.4. The fourth-order valence-electron chi connectivity index (χ4n) is 11.4. The van der Waals surface area contributed by atoms with Gasteiger partial charge in [-0.2, -0.15) is 5.10 Å². The van der Waals surface area contributed by atoms with Crippen molar-refractivity contribution in [1.82, 2.24) is 45.4 Å². The number of carbonyl (C=O) groups excluding carboxylic acids is 6. The van der Waals surface area contributed by atoms with Crippen molar-refractivity contribution in [2.24, 2.45) is 10.9 Å². The van der Waals surface area contributed by atoms with Crippen LogP contribution >= 0.6 is 11.8 Å². The summed E-state index contributed by atoms with van der Waals surface area (Å²) in [6.45, 7) is 9.11. The molecule has 7 heterocycles. The second kappa shape index (κ2) is 28.1. The molecule has 2 aromatic heterocycles. The van der Waals surface area contributed by atoms with Gasteiger partial charge in [-0.25, -0.2) is 13.8 Å². The van der Waals surface area contributed by atoms with Crippen LogP contribution in [0.5, 0.6) is 0 Å². The van der Waals surface area contributed by atoms with Crippen molar-refractivity contribution in [3.05, 3.63) is 96.0 Å². The molecule has 18 nitrogen and oxygen atoms in total. The summed E-state index contributed by atoms with van der Waals surface area (Å²) in [4.78, 5) is 97.1. The lowest BCUT2D eigenvalue weighted by Crippen LogP contribution is -2.58. The molecular weight excluding hydrogens is 1040 g/mol. The van der Waals surface area contributed by atoms with E-state index in [1.807, 2.05) is 22.1 Å². The molecule has 5 atom stereocenters. The third-order valence-electron chi connectivity index (χ3n) is 16.1. The van der Waals surface area contributed by atoms with Crippen LogP contribution in [0.4, 0.5) is 20.3 Å². The summed E-state index contributed by atoms with van der Waals surface area (Å²) in [5.41, 5.74) is 10.4. The zero-order chi connectivity index (χ0) is 56.9. The predicted octanol–water partition coefficient (Wildman–Crippen LogP) is 6.92. The number of thioether (sulfide) groups is 1. The molecule has 8 rings (SSSR count). The minimum absolute atomic E-state index is 0.0184. The number of Topliss-reactive ketones (excluding diaryl/α,β-unsaturated/α-hetero) is 1. The van der Waals surface area contributed by atoms with E-state index in [1.54, 1.807) is 36.8 Å². The molecule has 5 aliphatic heterocycles. The number of halogens is 2. The van der Waals surface area contributed by atoms with Crippen LogP contribution in [0.1, 0.15) is 119 Å². The molecule has 0 spiro atoms. The molecule has 0 saturated carbocycles. The highest BCUT2D eigenvalue weighted by molar-refractivity contribution is 8.14. The van der Waals surface area contributed by atoms with Gasteiger partial charge >= 0.3 is 0 Å². The van der Waals surface area contributed by atoms with Crippen LogP contribution in [0.2, 0.25) is 0 Å². The summed E-state index contributed by atoms with van der Waals surface area (Å²) in [6, 6.07) is 5.06. The normalized spacial score (nSPS) is 21.8. The van der Waals surface area contributed by atoms with E-state index in [9.17, 15) is 37.5 Å². The number of anilines is 2. The minimum atomic E-state index is -0.776. The summed E-state index contributed by atoms with van der Waals surface area (Å²) in [6.07, 6.45) is 18.2. The lowest BCUT2D eigenvalue weighted by molar-refractivity contribution is -0.139. The number of nitrogen functional groups attached to an aromatic ring is 1. The first-order valence-electron chi connectivity index (χ1n) is 28.5. The highest BCUT2D eigenvalue weighted by atomic mass is 32.2. The molecule has 5 N–H and O–H groups in total. The van der Waals surface area contributed by atoms with Crippen molar-refractivity contribution >= 4 is 63.6 Å². The van der Waals surface area contributed by atoms with Crippen molar-refractivity contribution in [2.45, 2.75) is 147 Å². The highest BCUT2D eigenvalue weighted by Gasteiger charge is 2.43. The Morgan fingerprint density at radius 2 is 1.64 bits per heavy atom. The van der Waals surface area contributed by atoms with Crippen molar-refractivity contribution in [2.75, 3.05) is 63.2 Å². The van der Waals surface area contributed by atoms with E-state index in [1.165, 1.54) is 54.3 Å². The Balaban J connectivity index is 0.750. The number of allylic oxidation sites excluding steroid dienone is 2. The third-order valence-corrected chi connectivity index (χ3v) is 17.3. The lowest BCUT2D eigenvalue weighted by atomic mass is 9.87. The zero-order valence-corrected chi connectivity index (χ0v) is 47.3. The van der Waals surface area contributed by atoms with Gasteiger partial charge in [0.15, 0.2) is 5.78 Å². The first-order valence-corrected chi connectivity index (χ1v) is 29.4. The molecule has 3 saturated heterocycles. The van der Waals surface area contributed by atoms with Gasteiger partial charge in [0.25, 0.3) is 0 Å². The second-order valence-electron chi connectivity index (χ2n) is 21.7. The number of ketones is 1. The minimum Gasteiger partial charge on any atom is -0.382 e. The summed E-state index contributed by atoms with van der Waals surface area (Å²) in [5.74, 6) is -1.04. The molecule has 21 heteroatoms. The number of piperidine rings is 1. The largest absolute Gasteiger partial charge is 0.382 e. The van der Waals surface area contributed by atoms with Gasteiger partial charge in [-0.3, -0.25) is 38.4 Å². The fraction of sp³-hybridized carbons (Fsp3) is 0.542. The van der Waals surface area contributed by atoms with Gasteiger partial charge in [0.1, 0.15) is 29.5 Å². The number of fused-ring (bicyclic) bond motifs is 6. The molecule has 0 aliphatic carbocycles. The van der Waals surface area contributed by atoms with Crippen LogP contribution in [0, 0.1) is 11.7 Å². The number of nitrogens with one attached hydrogen (secondary N) is 3. The Morgan fingerprint density at radius 3 is 2.39 bits per heavy atom. The van der Waals surface area contributed by atoms with E-state index < -0.39 is 29.8 Å². The number of unbranched alkanes of at least 4 members (excludes halogenated alkanes) is 5. The predicted molar refractivity (Wildman–Crippen MR) is 308 cm³/mol. The van der Waals surface area contributed by atoms with Gasteiger partial charge < -0.3 is 41.3 Å². The van der Waals surface area contributed by atoms with Gasteiger partial charge in [0.2, 0.25) is 29.5 Å². The van der Waals surface area contributed by atoms with E-state index in [-0.39, 0.29) is 66.3 Å². The van der Waals surface area contributed by atoms with Gasteiger partial charge in [0.05, 0.1) is 47.6 Å². The number of aromatic nitrogens is 3. The number of nitrogens with two attached hydrogens (primary N) is 1. The Kier molecular flexibility index (Phi) is 20.9. The maximum absolute atomic E-state index is 14.9. The SMILES string of the molecule is C=C1/C=C(F)\C=C/CC(=O)N(C)Cc2nn(CCNC(=O)CCCCCCCCC(=O)N3CCC([C@@H](NC(=O)[C@@H](C)NC)C(=O)N4CCC[C@@H]4C4=NC(C(=O)c5ccc(F)cc5)CS4)CC3)cc2-c2cnc(N)c(c2)N2CCC[C@H]12. The van der Waals surface area contributed by atoms with Gasteiger partial charge in [-0.05, 0) is 119 Å². The Hall–Kier alpha value is -6.74. The standard InChI is InChI=1S/C59H78F2N12O6S/c1-38-32-44(61)14-11-19-52(75)69(4)36-46-45(42-33-50(56(62)65-34-42)72-27-12-15-48(38)72)35-71(68-46)31-26-64-51(74)17-9-7-5-6-8-10-18-53(76)70-29-24-40(25-30-70)54(67-57(78)39(2)63-3)59(79)73-28-13-16-49(73)58-66-47(37-80-58)55(77)41-20-22-43(60)23-21-41/h11,14,20-23,32-35,39-40,47-49,54,63H,1,5-10,12-13,15-19,24-31,36-37H2,2-4H3,(H2,62,65)(H,64,74)(H,67,78)/b14-11-,44-32+/t39-,47?,48-,49-,54-/m1/s1. The van der Waals surface area contributed by atoms with E-state index in [0.717, 1.165) is 79.6 Å². The summed E-state index contributed by atoms with van der Waals surface area (Å²) < 4.78 is 30.2. The average Bonchev–Trinajstić information content (AvgIpc) is 4.34. The van der Waals surface area contributed by atoms with Crippen LogP contribution in [0.3, 0.4) is 0 Å². The fourth-order valence-corrected chi connectivity index (χ4v) is 12.6. The van der Waals surface area contributed by atoms with Crippen molar-refractivity contribution in [3.8, 4) is 11.1 Å². The van der Waals surface area contributed by atoms with Crippen LogP contribution in [-0.4, -0.2) is 153 Å². The quantitative estimate of drug-likeness (QED) is 0.0670. The number of amides is 5. The molecule has 0 radical (unpaired) electrons. The summed E-state index contributed by atoms with van der Waals surface area (Å²) >= 11 is 1.47. The van der Waals surface area contributed by atoms with Crippen LogP contribution in [-0.2, 0) is 37.1 Å². The van der Waals surface area contributed by atoms with E-state index in [2.05, 4.69) is 32.4 Å². The zero-order valence-electron chi connectivity index (χ0n) is 46.5. The smallest absolute Gasteiger partial charge is 0.246 e. The second-order valence-corrected chi connectivity index (χ2v) is 22.8. The van der Waals surface area contributed by atoms with E-state index in [4.69, 9.17) is 15.8 Å². The monoisotopic (exact) mass is 1120 g/mol. The number of aliphatic imine (C=N–C) groups is 1. The lowest BCUT2D eigenvalue weighted by Gasteiger charge is -2.38. The molecule has 430 valence electrons. The van der Waals surface area contributed by atoms with Gasteiger partial charge in [-0.15, -0.1) is 11.8 Å². The summed E-state index contributed by atoms with van der Waals surface area (Å²) in [7, 11) is 3.38. The molecular formula is C59H78F2N12O6S. The number of hydrogen-bond acceptors (Lipinski definition) is 13. The van der Waals surface area contributed by atoms with Crippen molar-refractivity contribution < 1.29 is 37.5 Å². The highest BCUT2D eigenvalue weighted by Crippen LogP contribution is 2.37. The number of hydrogen-bond donors (Lipinski definition) is 4. The number of carbonyl (C=O) groups is 6. The number of likely N-dealkylation sites (tertiary alicyclic amines) is 2. The van der Waals surface area contributed by atoms with E-state index >= 15 is 0 Å². The Labute approximate surface area is 472 Å².